The summed E-state index contributed by atoms with van der Waals surface area (Å²) in [5.74, 6) is 1.30. The Kier molecular flexibility index (Phi) is 5.41. The van der Waals surface area contributed by atoms with Crippen LogP contribution in [0.4, 0.5) is 10.9 Å². The molecule has 2 aliphatic heterocycles. The van der Waals surface area contributed by atoms with E-state index < -0.39 is 0 Å². The molecule has 2 amide bonds. The zero-order chi connectivity index (χ0) is 22.6. The number of rotatable bonds is 5. The zero-order valence-electron chi connectivity index (χ0n) is 19.0. The van der Waals surface area contributed by atoms with Gasteiger partial charge in [-0.15, -0.1) is 0 Å². The van der Waals surface area contributed by atoms with Crippen LogP contribution in [0.1, 0.15) is 55.2 Å². The minimum atomic E-state index is -0.148. The fourth-order valence-electron chi connectivity index (χ4n) is 4.71. The first-order valence-electron chi connectivity index (χ1n) is 11.3. The van der Waals surface area contributed by atoms with Crippen LogP contribution in [0, 0.1) is 12.8 Å². The summed E-state index contributed by atoms with van der Waals surface area (Å²) in [6.45, 7) is 10.2. The molecule has 2 aromatic rings. The van der Waals surface area contributed by atoms with Crippen molar-refractivity contribution in [3.8, 4) is 10.6 Å². The second-order valence-electron chi connectivity index (χ2n) is 9.11. The van der Waals surface area contributed by atoms with Crippen LogP contribution in [0.5, 0.6) is 0 Å². The third kappa shape index (κ3) is 3.77. The topological polar surface area (TPSA) is 87.7 Å². The SMILES string of the molecule is CC(=O)Nc1nc(C)c(-c2cc3c(c(N4CCOC[C@@H]4C)n2)C(=O)N([C@@H](C)C2CC2)C3)s1. The van der Waals surface area contributed by atoms with E-state index in [0.29, 0.717) is 37.4 Å². The minimum Gasteiger partial charge on any atom is -0.377 e. The molecule has 5 rings (SSSR count). The van der Waals surface area contributed by atoms with Crippen LogP contribution in [-0.2, 0) is 16.1 Å². The van der Waals surface area contributed by atoms with Crippen LogP contribution in [0.25, 0.3) is 10.6 Å². The third-order valence-electron chi connectivity index (χ3n) is 6.65. The molecule has 1 saturated heterocycles. The number of carbonyl (C=O) groups excluding carboxylic acids is 2. The van der Waals surface area contributed by atoms with Crippen molar-refractivity contribution < 1.29 is 14.3 Å². The van der Waals surface area contributed by atoms with E-state index >= 15 is 0 Å². The van der Waals surface area contributed by atoms with Crippen molar-refractivity contribution in [1.29, 1.82) is 0 Å². The van der Waals surface area contributed by atoms with Gasteiger partial charge in [-0.25, -0.2) is 9.97 Å². The van der Waals surface area contributed by atoms with Gasteiger partial charge >= 0.3 is 0 Å². The molecule has 0 bridgehead atoms. The molecule has 32 heavy (non-hydrogen) atoms. The van der Waals surface area contributed by atoms with E-state index in [9.17, 15) is 9.59 Å². The molecule has 3 aliphatic rings. The highest BCUT2D eigenvalue weighted by Gasteiger charge is 2.41. The Bertz CT molecular complexity index is 1080. The smallest absolute Gasteiger partial charge is 0.258 e. The number of fused-ring (bicyclic) bond motifs is 1. The monoisotopic (exact) mass is 455 g/mol. The summed E-state index contributed by atoms with van der Waals surface area (Å²) in [7, 11) is 0. The zero-order valence-corrected chi connectivity index (χ0v) is 19.8. The molecule has 1 aliphatic carbocycles. The van der Waals surface area contributed by atoms with Crippen molar-refractivity contribution in [3.05, 3.63) is 22.9 Å². The Balaban J connectivity index is 1.59. The molecule has 2 aromatic heterocycles. The summed E-state index contributed by atoms with van der Waals surface area (Å²) in [5.41, 5.74) is 3.38. The largest absolute Gasteiger partial charge is 0.377 e. The van der Waals surface area contributed by atoms with Crippen LogP contribution in [0.15, 0.2) is 6.07 Å². The first-order chi connectivity index (χ1) is 15.3. The summed E-state index contributed by atoms with van der Waals surface area (Å²) in [5, 5.41) is 3.34. The first kappa shape index (κ1) is 21.3. The molecule has 9 heteroatoms. The van der Waals surface area contributed by atoms with Crippen LogP contribution in [0.3, 0.4) is 0 Å². The van der Waals surface area contributed by atoms with Gasteiger partial charge in [-0.3, -0.25) is 9.59 Å². The molecule has 0 unspecified atom stereocenters. The maximum absolute atomic E-state index is 13.6. The lowest BCUT2D eigenvalue weighted by Crippen LogP contribution is -2.45. The summed E-state index contributed by atoms with van der Waals surface area (Å²) >= 11 is 1.42. The van der Waals surface area contributed by atoms with Crippen molar-refractivity contribution in [2.24, 2.45) is 5.92 Å². The van der Waals surface area contributed by atoms with Gasteiger partial charge in [0, 0.05) is 26.1 Å². The van der Waals surface area contributed by atoms with Gasteiger partial charge in [-0.05, 0) is 51.2 Å². The average Bonchev–Trinajstić information content (AvgIpc) is 3.46. The Hall–Kier alpha value is -2.52. The molecule has 4 heterocycles. The van der Waals surface area contributed by atoms with E-state index in [1.165, 1.54) is 31.1 Å². The highest BCUT2D eigenvalue weighted by Crippen LogP contribution is 2.42. The highest BCUT2D eigenvalue weighted by molar-refractivity contribution is 7.19. The van der Waals surface area contributed by atoms with E-state index in [2.05, 4.69) is 29.0 Å². The Labute approximate surface area is 192 Å². The van der Waals surface area contributed by atoms with Gasteiger partial charge in [0.25, 0.3) is 5.91 Å². The average molecular weight is 456 g/mol. The lowest BCUT2D eigenvalue weighted by molar-refractivity contribution is -0.114. The molecule has 0 aromatic carbocycles. The predicted octanol–water partition coefficient (Wildman–Crippen LogP) is 3.45. The quantitative estimate of drug-likeness (QED) is 0.743. The van der Waals surface area contributed by atoms with E-state index in [0.717, 1.165) is 33.2 Å². The number of aromatic nitrogens is 2. The molecule has 2 atom stereocenters. The maximum atomic E-state index is 13.6. The van der Waals surface area contributed by atoms with E-state index in [4.69, 9.17) is 9.72 Å². The van der Waals surface area contributed by atoms with Gasteiger partial charge in [0.05, 0.1) is 41.1 Å². The van der Waals surface area contributed by atoms with E-state index in [-0.39, 0.29) is 23.9 Å². The summed E-state index contributed by atoms with van der Waals surface area (Å²) in [6.07, 6.45) is 2.40. The molecule has 1 saturated carbocycles. The molecule has 0 spiro atoms. The van der Waals surface area contributed by atoms with Crippen molar-refractivity contribution >= 4 is 34.1 Å². The first-order valence-corrected chi connectivity index (χ1v) is 12.1. The van der Waals surface area contributed by atoms with Gasteiger partial charge in [0.1, 0.15) is 5.82 Å². The number of aryl methyl sites for hydroxylation is 1. The van der Waals surface area contributed by atoms with Crippen LogP contribution in [0.2, 0.25) is 0 Å². The number of nitrogens with one attached hydrogen (secondary N) is 1. The third-order valence-corrected chi connectivity index (χ3v) is 7.74. The van der Waals surface area contributed by atoms with Gasteiger partial charge in [-0.1, -0.05) is 11.3 Å². The normalized spacial score (nSPS) is 21.6. The Morgan fingerprint density at radius 3 is 2.81 bits per heavy atom. The number of carbonyl (C=O) groups is 2. The van der Waals surface area contributed by atoms with E-state index in [1.807, 2.05) is 17.9 Å². The van der Waals surface area contributed by atoms with Crippen LogP contribution < -0.4 is 10.2 Å². The summed E-state index contributed by atoms with van der Waals surface area (Å²) in [6, 6.07) is 2.42. The number of nitrogens with zero attached hydrogens (tertiary/aromatic N) is 4. The highest BCUT2D eigenvalue weighted by atomic mass is 32.1. The number of morpholine rings is 1. The number of amides is 2. The molecule has 8 nitrogen and oxygen atoms in total. The molecule has 2 fully saturated rings. The number of hydrogen-bond acceptors (Lipinski definition) is 7. The summed E-state index contributed by atoms with van der Waals surface area (Å²) in [4.78, 5) is 39.7. The predicted molar refractivity (Wildman–Crippen MR) is 124 cm³/mol. The number of thiazole rings is 1. The summed E-state index contributed by atoms with van der Waals surface area (Å²) < 4.78 is 5.64. The molecule has 0 radical (unpaired) electrons. The lowest BCUT2D eigenvalue weighted by Gasteiger charge is -2.35. The standard InChI is InChI=1S/C23H29N5O3S/c1-12-11-31-8-7-27(12)21-19-17(10-28(22(19)30)14(3)16-5-6-16)9-18(26-21)20-13(2)24-23(32-20)25-15(4)29/h9,12,14,16H,5-8,10-11H2,1-4H3,(H,24,25,29)/t12-,14-/m0/s1. The minimum absolute atomic E-state index is 0.0899. The fourth-order valence-corrected chi connectivity index (χ4v) is 5.68. The van der Waals surface area contributed by atoms with Gasteiger partial charge < -0.3 is 19.9 Å². The molecule has 170 valence electrons. The number of hydrogen-bond donors (Lipinski definition) is 1. The van der Waals surface area contributed by atoms with Crippen molar-refractivity contribution in [2.45, 2.75) is 59.2 Å². The molecular weight excluding hydrogens is 426 g/mol. The van der Waals surface area contributed by atoms with Crippen LogP contribution >= 0.6 is 11.3 Å². The lowest BCUT2D eigenvalue weighted by atomic mass is 10.1. The number of ether oxygens (including phenoxy) is 1. The van der Waals surface area contributed by atoms with Crippen molar-refractivity contribution in [1.82, 2.24) is 14.9 Å². The van der Waals surface area contributed by atoms with Gasteiger partial charge in [-0.2, -0.15) is 0 Å². The number of anilines is 2. The van der Waals surface area contributed by atoms with Crippen molar-refractivity contribution in [3.63, 3.8) is 0 Å². The second-order valence-corrected chi connectivity index (χ2v) is 10.1. The Morgan fingerprint density at radius 2 is 2.12 bits per heavy atom. The fraction of sp³-hybridized carbons (Fsp3) is 0.565. The number of pyridine rings is 1. The van der Waals surface area contributed by atoms with Crippen molar-refractivity contribution in [2.75, 3.05) is 30.0 Å². The van der Waals surface area contributed by atoms with Crippen LogP contribution in [-0.4, -0.2) is 58.5 Å². The Morgan fingerprint density at radius 1 is 1.34 bits per heavy atom. The maximum Gasteiger partial charge on any atom is 0.258 e. The van der Waals surface area contributed by atoms with Gasteiger partial charge in [0.15, 0.2) is 5.13 Å². The van der Waals surface area contributed by atoms with E-state index in [1.54, 1.807) is 0 Å². The molecule has 1 N–H and O–H groups in total. The van der Waals surface area contributed by atoms with Gasteiger partial charge in [0.2, 0.25) is 5.91 Å². The second kappa shape index (κ2) is 8.12. The molecular formula is C23H29N5O3S.